The van der Waals surface area contributed by atoms with Gasteiger partial charge in [-0.15, -0.1) is 0 Å². The molecule has 136 valence electrons. The van der Waals surface area contributed by atoms with Crippen molar-refractivity contribution in [1.82, 2.24) is 10.2 Å². The van der Waals surface area contributed by atoms with Crippen molar-refractivity contribution in [1.29, 1.82) is 0 Å². The lowest BCUT2D eigenvalue weighted by Crippen LogP contribution is -2.51. The first-order valence-corrected chi connectivity index (χ1v) is 10.0. The fraction of sp³-hybridized carbons (Fsp3) is 0.667. The van der Waals surface area contributed by atoms with Crippen molar-refractivity contribution in [3.8, 4) is 0 Å². The molecule has 0 aromatic heterocycles. The van der Waals surface area contributed by atoms with Crippen molar-refractivity contribution in [3.63, 3.8) is 0 Å². The normalized spacial score (nSPS) is 35.0. The predicted octanol–water partition coefficient (Wildman–Crippen LogP) is 2.67. The van der Waals surface area contributed by atoms with E-state index < -0.39 is 0 Å². The topological polar surface area (TPSA) is 58.4 Å². The van der Waals surface area contributed by atoms with E-state index in [4.69, 9.17) is 5.73 Å². The van der Waals surface area contributed by atoms with Gasteiger partial charge in [0, 0.05) is 30.6 Å². The number of fused-ring (bicyclic) bond motifs is 2. The average molecular weight is 341 g/mol. The molecule has 4 heteroatoms. The second-order valence-electron chi connectivity index (χ2n) is 8.25. The van der Waals surface area contributed by atoms with Gasteiger partial charge in [-0.1, -0.05) is 36.8 Å². The highest BCUT2D eigenvalue weighted by Gasteiger charge is 2.42. The van der Waals surface area contributed by atoms with Gasteiger partial charge in [0.1, 0.15) is 0 Å². The Balaban J connectivity index is 1.34. The molecule has 1 aromatic rings. The standard InChI is InChI=1S/C21H31N3O/c22-13-16-7-4-8-20(16)21(25)23-17-11-18-9-10-19(12-17)24(18)14-15-5-2-1-3-6-15/h1-3,5-6,16-20H,4,7-14,22H2,(H,23,25)/t16-,17?,18?,19?,20-/m1/s1. The number of hydrogen-bond acceptors (Lipinski definition) is 3. The lowest BCUT2D eigenvalue weighted by atomic mass is 9.92. The molecule has 2 unspecified atom stereocenters. The van der Waals surface area contributed by atoms with Crippen LogP contribution in [0.3, 0.4) is 0 Å². The molecule has 0 spiro atoms. The molecular weight excluding hydrogens is 310 g/mol. The summed E-state index contributed by atoms with van der Waals surface area (Å²) in [4.78, 5) is 15.4. The minimum absolute atomic E-state index is 0.157. The molecule has 1 saturated carbocycles. The molecule has 1 aliphatic carbocycles. The van der Waals surface area contributed by atoms with E-state index in [1.807, 2.05) is 0 Å². The molecule has 2 heterocycles. The van der Waals surface area contributed by atoms with Gasteiger partial charge in [-0.3, -0.25) is 9.69 Å². The van der Waals surface area contributed by atoms with Crippen molar-refractivity contribution < 1.29 is 4.79 Å². The first-order valence-electron chi connectivity index (χ1n) is 10.0. The zero-order valence-corrected chi connectivity index (χ0v) is 15.1. The molecule has 4 nitrogen and oxygen atoms in total. The molecular formula is C21H31N3O. The quantitative estimate of drug-likeness (QED) is 0.866. The van der Waals surface area contributed by atoms with Crippen LogP contribution in [0.25, 0.3) is 0 Å². The number of rotatable bonds is 5. The van der Waals surface area contributed by atoms with E-state index in [2.05, 4.69) is 40.5 Å². The van der Waals surface area contributed by atoms with Gasteiger partial charge in [0.15, 0.2) is 0 Å². The zero-order valence-electron chi connectivity index (χ0n) is 15.1. The third kappa shape index (κ3) is 3.61. The first-order chi connectivity index (χ1) is 12.2. The number of hydrogen-bond donors (Lipinski definition) is 2. The van der Waals surface area contributed by atoms with Gasteiger partial charge in [-0.05, 0) is 56.6 Å². The Hall–Kier alpha value is -1.39. The highest BCUT2D eigenvalue weighted by molar-refractivity contribution is 5.79. The number of benzene rings is 1. The Morgan fingerprint density at radius 3 is 2.48 bits per heavy atom. The van der Waals surface area contributed by atoms with Crippen molar-refractivity contribution in [2.24, 2.45) is 17.6 Å². The van der Waals surface area contributed by atoms with Crippen molar-refractivity contribution in [3.05, 3.63) is 35.9 Å². The third-order valence-corrected chi connectivity index (χ3v) is 6.74. The van der Waals surface area contributed by atoms with E-state index in [9.17, 15) is 4.79 Å². The number of carbonyl (C=O) groups is 1. The Labute approximate surface area is 151 Å². The molecule has 4 rings (SSSR count). The van der Waals surface area contributed by atoms with Crippen LogP contribution in [0.5, 0.6) is 0 Å². The van der Waals surface area contributed by atoms with Crippen molar-refractivity contribution in [2.45, 2.75) is 69.6 Å². The molecule has 2 saturated heterocycles. The highest BCUT2D eigenvalue weighted by atomic mass is 16.2. The summed E-state index contributed by atoms with van der Waals surface area (Å²) in [6, 6.07) is 12.4. The van der Waals surface area contributed by atoms with Crippen LogP contribution in [-0.2, 0) is 11.3 Å². The fourth-order valence-electron chi connectivity index (χ4n) is 5.42. The Morgan fingerprint density at radius 1 is 1.08 bits per heavy atom. The Kier molecular flexibility index (Phi) is 5.09. The molecule has 2 aliphatic heterocycles. The highest BCUT2D eigenvalue weighted by Crippen LogP contribution is 2.37. The molecule has 3 N–H and O–H groups in total. The van der Waals surface area contributed by atoms with E-state index in [0.29, 0.717) is 30.6 Å². The summed E-state index contributed by atoms with van der Waals surface area (Å²) in [6.45, 7) is 1.70. The van der Waals surface area contributed by atoms with Gasteiger partial charge in [0.2, 0.25) is 5.91 Å². The lowest BCUT2D eigenvalue weighted by Gasteiger charge is -2.39. The van der Waals surface area contributed by atoms with E-state index in [0.717, 1.165) is 38.6 Å². The minimum atomic E-state index is 0.157. The molecule has 3 aliphatic rings. The van der Waals surface area contributed by atoms with Crippen LogP contribution in [0.1, 0.15) is 50.5 Å². The minimum Gasteiger partial charge on any atom is -0.353 e. The Bertz CT molecular complexity index is 576. The van der Waals surface area contributed by atoms with Crippen LogP contribution < -0.4 is 11.1 Å². The monoisotopic (exact) mass is 341 g/mol. The summed E-state index contributed by atoms with van der Waals surface area (Å²) in [7, 11) is 0. The van der Waals surface area contributed by atoms with E-state index >= 15 is 0 Å². The van der Waals surface area contributed by atoms with Gasteiger partial charge < -0.3 is 11.1 Å². The number of amides is 1. The van der Waals surface area contributed by atoms with Crippen LogP contribution >= 0.6 is 0 Å². The summed E-state index contributed by atoms with van der Waals surface area (Å²) in [6.07, 6.45) is 8.06. The SMILES string of the molecule is NC[C@H]1CCC[C@H]1C(=O)NC1CC2CCC(C1)N2Cc1ccccc1. The smallest absolute Gasteiger partial charge is 0.223 e. The number of nitrogens with one attached hydrogen (secondary N) is 1. The molecule has 1 amide bonds. The second kappa shape index (κ2) is 7.46. The van der Waals surface area contributed by atoms with Crippen molar-refractivity contribution in [2.75, 3.05) is 6.54 Å². The van der Waals surface area contributed by atoms with E-state index in [1.54, 1.807) is 0 Å². The largest absolute Gasteiger partial charge is 0.353 e. The molecule has 4 atom stereocenters. The van der Waals surface area contributed by atoms with Crippen LogP contribution in [0.4, 0.5) is 0 Å². The van der Waals surface area contributed by atoms with Crippen LogP contribution in [0.15, 0.2) is 30.3 Å². The maximum Gasteiger partial charge on any atom is 0.223 e. The first kappa shape index (κ1) is 17.0. The summed E-state index contributed by atoms with van der Waals surface area (Å²) in [5.74, 6) is 0.828. The summed E-state index contributed by atoms with van der Waals surface area (Å²) >= 11 is 0. The molecule has 25 heavy (non-hydrogen) atoms. The van der Waals surface area contributed by atoms with Crippen LogP contribution in [0.2, 0.25) is 0 Å². The Morgan fingerprint density at radius 2 is 1.80 bits per heavy atom. The van der Waals surface area contributed by atoms with Crippen LogP contribution in [-0.4, -0.2) is 35.5 Å². The van der Waals surface area contributed by atoms with E-state index in [-0.39, 0.29) is 11.8 Å². The molecule has 3 fully saturated rings. The number of piperidine rings is 1. The summed E-state index contributed by atoms with van der Waals surface area (Å²) in [5, 5.41) is 3.39. The lowest BCUT2D eigenvalue weighted by molar-refractivity contribution is -0.127. The fourth-order valence-corrected chi connectivity index (χ4v) is 5.42. The molecule has 1 aromatic carbocycles. The van der Waals surface area contributed by atoms with Crippen molar-refractivity contribution >= 4 is 5.91 Å². The van der Waals surface area contributed by atoms with Crippen LogP contribution in [0, 0.1) is 11.8 Å². The predicted molar refractivity (Wildman–Crippen MR) is 99.8 cm³/mol. The van der Waals surface area contributed by atoms with Gasteiger partial charge in [0.05, 0.1) is 0 Å². The zero-order chi connectivity index (χ0) is 17.2. The second-order valence-corrected chi connectivity index (χ2v) is 8.25. The molecule has 0 radical (unpaired) electrons. The summed E-state index contributed by atoms with van der Waals surface area (Å²) in [5.41, 5.74) is 7.26. The van der Waals surface area contributed by atoms with Gasteiger partial charge in [-0.2, -0.15) is 0 Å². The number of nitrogens with two attached hydrogens (primary N) is 1. The maximum atomic E-state index is 12.7. The third-order valence-electron chi connectivity index (χ3n) is 6.74. The maximum absolute atomic E-state index is 12.7. The number of carbonyl (C=O) groups excluding carboxylic acids is 1. The number of nitrogens with zero attached hydrogens (tertiary/aromatic N) is 1. The van der Waals surface area contributed by atoms with Gasteiger partial charge in [0.25, 0.3) is 0 Å². The van der Waals surface area contributed by atoms with Gasteiger partial charge in [-0.25, -0.2) is 0 Å². The summed E-state index contributed by atoms with van der Waals surface area (Å²) < 4.78 is 0. The van der Waals surface area contributed by atoms with Gasteiger partial charge >= 0.3 is 0 Å². The molecule has 2 bridgehead atoms. The average Bonchev–Trinajstić information content (AvgIpc) is 3.19. The van der Waals surface area contributed by atoms with E-state index in [1.165, 1.54) is 18.4 Å².